The summed E-state index contributed by atoms with van der Waals surface area (Å²) >= 11 is 0. The molecule has 0 rings (SSSR count). The summed E-state index contributed by atoms with van der Waals surface area (Å²) in [6, 6.07) is 0. The minimum Gasteiger partial charge on any atom is -0.417 e. The molecule has 0 aromatic heterocycles. The SMILES string of the molecule is CCC[C@H](CO)CCCCO[Si](C)(C)C(C)(C)C. The van der Waals surface area contributed by atoms with Crippen LogP contribution in [0.15, 0.2) is 0 Å². The van der Waals surface area contributed by atoms with E-state index in [9.17, 15) is 5.11 Å². The average Bonchev–Trinajstić information content (AvgIpc) is 2.25. The van der Waals surface area contributed by atoms with Gasteiger partial charge < -0.3 is 9.53 Å². The van der Waals surface area contributed by atoms with Gasteiger partial charge in [0.05, 0.1) is 0 Å². The van der Waals surface area contributed by atoms with Gasteiger partial charge in [-0.25, -0.2) is 0 Å². The van der Waals surface area contributed by atoms with Crippen LogP contribution in [0.5, 0.6) is 0 Å². The number of hydrogen-bond acceptors (Lipinski definition) is 2. The second-order valence-electron chi connectivity index (χ2n) is 6.94. The van der Waals surface area contributed by atoms with Gasteiger partial charge in [-0.05, 0) is 43.3 Å². The van der Waals surface area contributed by atoms with Crippen LogP contribution >= 0.6 is 0 Å². The predicted molar refractivity (Wildman–Crippen MR) is 82.5 cm³/mol. The fraction of sp³-hybridized carbons (Fsp3) is 1.00. The lowest BCUT2D eigenvalue weighted by Gasteiger charge is -2.36. The molecule has 0 aliphatic carbocycles. The van der Waals surface area contributed by atoms with E-state index in [0.29, 0.717) is 17.6 Å². The minimum atomic E-state index is -1.55. The molecule has 0 saturated heterocycles. The highest BCUT2D eigenvalue weighted by Gasteiger charge is 2.36. The first-order valence-corrected chi connectivity index (χ1v) is 10.4. The largest absolute Gasteiger partial charge is 0.417 e. The Balaban J connectivity index is 3.74. The Bertz CT molecular complexity index is 209. The molecule has 0 saturated carbocycles. The van der Waals surface area contributed by atoms with E-state index in [1.807, 2.05) is 0 Å². The van der Waals surface area contributed by atoms with E-state index in [-0.39, 0.29) is 0 Å². The molecule has 0 heterocycles. The first-order valence-electron chi connectivity index (χ1n) is 7.49. The molecule has 3 heteroatoms. The van der Waals surface area contributed by atoms with Gasteiger partial charge in [-0.15, -0.1) is 0 Å². The van der Waals surface area contributed by atoms with Crippen LogP contribution in [0.3, 0.4) is 0 Å². The molecule has 0 aliphatic heterocycles. The van der Waals surface area contributed by atoms with Crippen LogP contribution in [-0.4, -0.2) is 26.6 Å². The molecule has 1 atom stereocenters. The minimum absolute atomic E-state index is 0.308. The van der Waals surface area contributed by atoms with Gasteiger partial charge in [0.25, 0.3) is 0 Å². The van der Waals surface area contributed by atoms with E-state index >= 15 is 0 Å². The molecule has 0 aliphatic rings. The predicted octanol–water partition coefficient (Wildman–Crippen LogP) is 4.59. The van der Waals surface area contributed by atoms with Crippen molar-refractivity contribution in [3.8, 4) is 0 Å². The Labute approximate surface area is 115 Å². The van der Waals surface area contributed by atoms with Crippen molar-refractivity contribution in [2.45, 2.75) is 77.9 Å². The standard InChI is InChI=1S/C15H34O2Si/c1-7-10-14(13-16)11-8-9-12-17-18(5,6)15(2,3)4/h14,16H,7-13H2,1-6H3/t14-/m0/s1. The Morgan fingerprint density at radius 2 is 1.72 bits per heavy atom. The molecule has 0 fully saturated rings. The van der Waals surface area contributed by atoms with Crippen molar-refractivity contribution in [3.05, 3.63) is 0 Å². The van der Waals surface area contributed by atoms with Crippen molar-refractivity contribution in [1.82, 2.24) is 0 Å². The Hall–Kier alpha value is 0.137. The maximum atomic E-state index is 9.23. The summed E-state index contributed by atoms with van der Waals surface area (Å²) in [7, 11) is -1.55. The summed E-state index contributed by atoms with van der Waals surface area (Å²) in [6.45, 7) is 14.9. The van der Waals surface area contributed by atoms with Crippen LogP contribution in [0.1, 0.15) is 59.8 Å². The molecule has 0 spiro atoms. The lowest BCUT2D eigenvalue weighted by molar-refractivity contribution is 0.201. The van der Waals surface area contributed by atoms with Crippen LogP contribution < -0.4 is 0 Å². The molecule has 2 nitrogen and oxygen atoms in total. The molecule has 0 radical (unpaired) electrons. The second kappa shape index (κ2) is 8.34. The van der Waals surface area contributed by atoms with Crippen LogP contribution in [0.2, 0.25) is 18.1 Å². The normalized spacial score (nSPS) is 14.8. The van der Waals surface area contributed by atoms with E-state index in [4.69, 9.17) is 4.43 Å². The molecular formula is C15H34O2Si. The third-order valence-electron chi connectivity index (χ3n) is 4.23. The van der Waals surface area contributed by atoms with E-state index in [0.717, 1.165) is 25.9 Å². The van der Waals surface area contributed by atoms with Gasteiger partial charge in [0.2, 0.25) is 0 Å². The Morgan fingerprint density at radius 3 is 2.17 bits per heavy atom. The molecular weight excluding hydrogens is 240 g/mol. The molecule has 0 bridgehead atoms. The Morgan fingerprint density at radius 1 is 1.11 bits per heavy atom. The van der Waals surface area contributed by atoms with Gasteiger partial charge in [-0.1, -0.05) is 40.5 Å². The fourth-order valence-corrected chi connectivity index (χ4v) is 2.90. The van der Waals surface area contributed by atoms with Crippen molar-refractivity contribution >= 4 is 8.32 Å². The van der Waals surface area contributed by atoms with Crippen molar-refractivity contribution in [1.29, 1.82) is 0 Å². The smallest absolute Gasteiger partial charge is 0.191 e. The van der Waals surface area contributed by atoms with Gasteiger partial charge in [0.15, 0.2) is 8.32 Å². The summed E-state index contributed by atoms with van der Waals surface area (Å²) in [4.78, 5) is 0. The van der Waals surface area contributed by atoms with E-state index in [2.05, 4.69) is 40.8 Å². The van der Waals surface area contributed by atoms with Crippen LogP contribution in [0.25, 0.3) is 0 Å². The molecule has 0 aromatic carbocycles. The first kappa shape index (κ1) is 18.1. The first-order chi connectivity index (χ1) is 8.24. The van der Waals surface area contributed by atoms with E-state index < -0.39 is 8.32 Å². The van der Waals surface area contributed by atoms with Crippen molar-refractivity contribution in [2.75, 3.05) is 13.2 Å². The third kappa shape index (κ3) is 6.91. The van der Waals surface area contributed by atoms with Gasteiger partial charge in [-0.3, -0.25) is 0 Å². The Kier molecular flexibility index (Phi) is 8.40. The van der Waals surface area contributed by atoms with Gasteiger partial charge in [0.1, 0.15) is 0 Å². The zero-order chi connectivity index (χ0) is 14.2. The highest BCUT2D eigenvalue weighted by atomic mass is 28.4. The molecule has 0 aromatic rings. The lowest BCUT2D eigenvalue weighted by atomic mass is 9.98. The van der Waals surface area contributed by atoms with Gasteiger partial charge in [-0.2, -0.15) is 0 Å². The average molecular weight is 275 g/mol. The quantitative estimate of drug-likeness (QED) is 0.492. The molecule has 0 unspecified atom stereocenters. The van der Waals surface area contributed by atoms with Crippen LogP contribution in [0, 0.1) is 5.92 Å². The molecule has 18 heavy (non-hydrogen) atoms. The number of hydrogen-bond donors (Lipinski definition) is 1. The van der Waals surface area contributed by atoms with E-state index in [1.54, 1.807) is 0 Å². The van der Waals surface area contributed by atoms with Crippen molar-refractivity contribution in [2.24, 2.45) is 5.92 Å². The van der Waals surface area contributed by atoms with Gasteiger partial charge in [0, 0.05) is 13.2 Å². The number of aliphatic hydroxyl groups excluding tert-OH is 1. The number of rotatable bonds is 9. The molecule has 110 valence electrons. The molecule has 0 amide bonds. The monoisotopic (exact) mass is 274 g/mol. The zero-order valence-corrected chi connectivity index (χ0v) is 14.4. The lowest BCUT2D eigenvalue weighted by Crippen LogP contribution is -2.40. The highest BCUT2D eigenvalue weighted by molar-refractivity contribution is 6.74. The van der Waals surface area contributed by atoms with Crippen molar-refractivity contribution < 1.29 is 9.53 Å². The number of aliphatic hydroxyl groups is 1. The third-order valence-corrected chi connectivity index (χ3v) is 8.77. The maximum absolute atomic E-state index is 9.23. The summed E-state index contributed by atoms with van der Waals surface area (Å²) < 4.78 is 6.15. The zero-order valence-electron chi connectivity index (χ0n) is 13.4. The van der Waals surface area contributed by atoms with Crippen LogP contribution in [-0.2, 0) is 4.43 Å². The number of unbranched alkanes of at least 4 members (excludes halogenated alkanes) is 1. The summed E-state index contributed by atoms with van der Waals surface area (Å²) in [5, 5.41) is 9.53. The van der Waals surface area contributed by atoms with Crippen molar-refractivity contribution in [3.63, 3.8) is 0 Å². The summed E-state index contributed by atoms with van der Waals surface area (Å²) in [6.07, 6.45) is 5.78. The topological polar surface area (TPSA) is 29.5 Å². The fourth-order valence-electron chi connectivity index (χ4n) is 1.81. The van der Waals surface area contributed by atoms with E-state index in [1.165, 1.54) is 12.8 Å². The molecule has 1 N–H and O–H groups in total. The van der Waals surface area contributed by atoms with Gasteiger partial charge >= 0.3 is 0 Å². The van der Waals surface area contributed by atoms with Crippen LogP contribution in [0.4, 0.5) is 0 Å². The summed E-state index contributed by atoms with van der Waals surface area (Å²) in [5.74, 6) is 0.503. The maximum Gasteiger partial charge on any atom is 0.191 e. The highest BCUT2D eigenvalue weighted by Crippen LogP contribution is 2.36. The second-order valence-corrected chi connectivity index (χ2v) is 11.8. The summed E-state index contributed by atoms with van der Waals surface area (Å²) in [5.41, 5.74) is 0.